The summed E-state index contributed by atoms with van der Waals surface area (Å²) in [5.41, 5.74) is 6.62. The van der Waals surface area contributed by atoms with Gasteiger partial charge in [-0.2, -0.15) is 0 Å². The number of nitrogens with zero attached hydrogens (tertiary/aromatic N) is 4. The monoisotopic (exact) mass is 465 g/mol. The van der Waals surface area contributed by atoms with Crippen LogP contribution in [0.4, 0.5) is 16.0 Å². The predicted octanol–water partition coefficient (Wildman–Crippen LogP) is 3.86. The molecule has 10 heteroatoms. The zero-order valence-electron chi connectivity index (χ0n) is 19.6. The van der Waals surface area contributed by atoms with Crippen molar-refractivity contribution in [3.05, 3.63) is 54.4 Å². The molecule has 0 radical (unpaired) electrons. The summed E-state index contributed by atoms with van der Waals surface area (Å²) in [6.45, 7) is 7.23. The number of rotatable bonds is 9. The van der Waals surface area contributed by atoms with E-state index in [1.54, 1.807) is 32.2 Å². The molecule has 1 fully saturated rings. The number of hydrogen-bond donors (Lipinski definition) is 3. The highest BCUT2D eigenvalue weighted by molar-refractivity contribution is 5.98. The third kappa shape index (κ3) is 5.63. The summed E-state index contributed by atoms with van der Waals surface area (Å²) in [6, 6.07) is 6.58. The van der Waals surface area contributed by atoms with Crippen LogP contribution in [0.15, 0.2) is 42.9 Å². The van der Waals surface area contributed by atoms with Crippen molar-refractivity contribution in [2.24, 2.45) is 0 Å². The quantitative estimate of drug-likeness (QED) is 0.408. The molecule has 4 rings (SSSR count). The van der Waals surface area contributed by atoms with Gasteiger partial charge in [-0.3, -0.25) is 15.2 Å². The lowest BCUT2D eigenvalue weighted by Gasteiger charge is -2.23. The fourth-order valence-corrected chi connectivity index (χ4v) is 3.12. The first-order valence-electron chi connectivity index (χ1n) is 11.2. The first-order chi connectivity index (χ1) is 16.2. The zero-order valence-corrected chi connectivity index (χ0v) is 19.6. The Morgan fingerprint density at radius 3 is 2.68 bits per heavy atom. The van der Waals surface area contributed by atoms with Crippen molar-refractivity contribution in [1.29, 1.82) is 0 Å². The van der Waals surface area contributed by atoms with Gasteiger partial charge in [-0.15, -0.1) is 0 Å². The Bertz CT molecular complexity index is 1180. The fourth-order valence-electron chi connectivity index (χ4n) is 3.12. The van der Waals surface area contributed by atoms with E-state index in [4.69, 9.17) is 4.74 Å². The summed E-state index contributed by atoms with van der Waals surface area (Å²) in [5.74, 6) is -0.243. The van der Waals surface area contributed by atoms with Crippen molar-refractivity contribution in [2.45, 2.75) is 58.1 Å². The summed E-state index contributed by atoms with van der Waals surface area (Å²) in [4.78, 5) is 30.2. The minimum Gasteiger partial charge on any atom is -0.474 e. The zero-order chi connectivity index (χ0) is 24.3. The molecule has 178 valence electrons. The number of carbonyl (C=O) groups excluding carboxylic acids is 1. The number of halogens is 1. The van der Waals surface area contributed by atoms with Crippen molar-refractivity contribution in [2.75, 3.05) is 10.7 Å². The van der Waals surface area contributed by atoms with Crippen LogP contribution in [0.2, 0.25) is 0 Å². The molecule has 0 bridgehead atoms. The minimum absolute atomic E-state index is 0.0570. The van der Waals surface area contributed by atoms with Gasteiger partial charge in [0.15, 0.2) is 0 Å². The third-order valence-electron chi connectivity index (χ3n) is 5.31. The Balaban J connectivity index is 1.48. The molecule has 3 aromatic rings. The molecule has 2 heterocycles. The largest absolute Gasteiger partial charge is 0.474 e. The van der Waals surface area contributed by atoms with Crippen molar-refractivity contribution in [3.63, 3.8) is 0 Å². The average molecular weight is 466 g/mol. The van der Waals surface area contributed by atoms with Gasteiger partial charge >= 0.3 is 0 Å². The van der Waals surface area contributed by atoms with E-state index in [0.29, 0.717) is 34.8 Å². The van der Waals surface area contributed by atoms with Gasteiger partial charge in [0.25, 0.3) is 0 Å². The van der Waals surface area contributed by atoms with Crippen LogP contribution in [0.3, 0.4) is 0 Å². The van der Waals surface area contributed by atoms with Gasteiger partial charge in [0.05, 0.1) is 41.0 Å². The van der Waals surface area contributed by atoms with Crippen LogP contribution < -0.4 is 20.9 Å². The van der Waals surface area contributed by atoms with Crippen LogP contribution in [0.1, 0.15) is 46.2 Å². The smallest absolute Gasteiger partial charge is 0.237 e. The molecule has 34 heavy (non-hydrogen) atoms. The van der Waals surface area contributed by atoms with Crippen LogP contribution in [-0.4, -0.2) is 38.0 Å². The molecule has 2 aromatic heterocycles. The van der Waals surface area contributed by atoms with Crippen LogP contribution in [-0.2, 0) is 10.2 Å². The number of hydrogen-bond acceptors (Lipinski definition) is 8. The maximum Gasteiger partial charge on any atom is 0.237 e. The third-order valence-corrected chi connectivity index (χ3v) is 5.31. The van der Waals surface area contributed by atoms with Gasteiger partial charge in [-0.05, 0) is 58.7 Å². The van der Waals surface area contributed by atoms with E-state index >= 15 is 0 Å². The highest BCUT2D eigenvalue weighted by Crippen LogP contribution is 2.28. The lowest BCUT2D eigenvalue weighted by Crippen LogP contribution is -2.36. The summed E-state index contributed by atoms with van der Waals surface area (Å²) >= 11 is 0. The second kappa shape index (κ2) is 9.68. The molecule has 0 spiro atoms. The molecule has 0 unspecified atom stereocenters. The van der Waals surface area contributed by atoms with Crippen molar-refractivity contribution >= 4 is 17.5 Å². The Hall–Kier alpha value is -3.66. The van der Waals surface area contributed by atoms with Gasteiger partial charge in [0, 0.05) is 17.8 Å². The number of nitrogens with one attached hydrogen (secondary N) is 3. The highest BCUT2D eigenvalue weighted by atomic mass is 19.1. The molecular formula is C24H28FN7O2. The Morgan fingerprint density at radius 1 is 1.18 bits per heavy atom. The Labute approximate surface area is 197 Å². The fraction of sp³-hybridized carbons (Fsp3) is 0.375. The Kier molecular flexibility index (Phi) is 6.69. The number of benzene rings is 1. The summed E-state index contributed by atoms with van der Waals surface area (Å²) in [6.07, 6.45) is 6.78. The molecule has 9 nitrogen and oxygen atoms in total. The van der Waals surface area contributed by atoms with Crippen molar-refractivity contribution < 1.29 is 13.9 Å². The van der Waals surface area contributed by atoms with Crippen molar-refractivity contribution in [3.8, 4) is 17.1 Å². The van der Waals surface area contributed by atoms with Gasteiger partial charge in [0.1, 0.15) is 5.82 Å². The van der Waals surface area contributed by atoms with E-state index in [1.165, 1.54) is 24.5 Å². The second-order valence-electron chi connectivity index (χ2n) is 8.99. The van der Waals surface area contributed by atoms with E-state index in [-0.39, 0.29) is 11.8 Å². The topological polar surface area (TPSA) is 114 Å². The lowest BCUT2D eigenvalue weighted by molar-refractivity contribution is -0.120. The molecule has 1 aromatic carbocycles. The number of hydrazine groups is 1. The maximum atomic E-state index is 14.9. The van der Waals surface area contributed by atoms with Crippen molar-refractivity contribution in [1.82, 2.24) is 25.4 Å². The highest BCUT2D eigenvalue weighted by Gasteiger charge is 2.32. The van der Waals surface area contributed by atoms with Crippen LogP contribution in [0.25, 0.3) is 11.3 Å². The predicted molar refractivity (Wildman–Crippen MR) is 127 cm³/mol. The summed E-state index contributed by atoms with van der Waals surface area (Å²) in [5, 5.41) is 2.67. The minimum atomic E-state index is -1.03. The molecule has 0 aliphatic heterocycles. The molecule has 0 saturated heterocycles. The molecule has 3 N–H and O–H groups in total. The Morgan fingerprint density at radius 2 is 1.97 bits per heavy atom. The second-order valence-corrected chi connectivity index (χ2v) is 8.99. The van der Waals surface area contributed by atoms with E-state index in [0.717, 1.165) is 12.8 Å². The molecule has 1 amide bonds. The van der Waals surface area contributed by atoms with Gasteiger partial charge in [-0.1, -0.05) is 6.07 Å². The average Bonchev–Trinajstić information content (AvgIpc) is 3.63. The maximum absolute atomic E-state index is 14.9. The number of amides is 1. The molecule has 1 aliphatic carbocycles. The van der Waals surface area contributed by atoms with Crippen LogP contribution in [0.5, 0.6) is 5.88 Å². The molecule has 1 aliphatic rings. The number of ether oxygens (including phenoxy) is 1. The normalized spacial score (nSPS) is 13.6. The van der Waals surface area contributed by atoms with Crippen LogP contribution in [0, 0.1) is 5.82 Å². The van der Waals surface area contributed by atoms with E-state index in [2.05, 4.69) is 36.1 Å². The molecule has 1 saturated carbocycles. The number of anilines is 2. The molecular weight excluding hydrogens is 437 g/mol. The van der Waals surface area contributed by atoms with E-state index < -0.39 is 17.1 Å². The lowest BCUT2D eigenvalue weighted by atomic mass is 9.88. The van der Waals surface area contributed by atoms with E-state index in [1.807, 2.05) is 13.8 Å². The summed E-state index contributed by atoms with van der Waals surface area (Å²) in [7, 11) is 0. The van der Waals surface area contributed by atoms with Gasteiger partial charge in [0.2, 0.25) is 17.7 Å². The first kappa shape index (κ1) is 23.5. The number of aromatic nitrogens is 4. The number of carbonyl (C=O) groups is 1. The van der Waals surface area contributed by atoms with Gasteiger partial charge < -0.3 is 10.1 Å². The molecule has 0 atom stereocenters. The first-order valence-corrected chi connectivity index (χ1v) is 11.2. The van der Waals surface area contributed by atoms with E-state index in [9.17, 15) is 9.18 Å². The standard InChI is InChI=1S/C24H28FN7O2/c1-14(2)34-21-13-26-12-19(28-21)15-5-8-18(17(25)11-15)29-22(33)24(3,4)20-9-10-27-23(30-20)32-31-16-6-7-16/h5,8-14,16,31H,6-7H2,1-4H3,(H,29,33)(H,27,30,32). The van der Waals surface area contributed by atoms with Crippen LogP contribution >= 0.6 is 0 Å². The summed E-state index contributed by atoms with van der Waals surface area (Å²) < 4.78 is 20.5. The SMILES string of the molecule is CC(C)Oc1cncc(-c2ccc(NC(=O)C(C)(C)c3ccnc(NNC4CC4)n3)c(F)c2)n1. The van der Waals surface area contributed by atoms with Gasteiger partial charge in [-0.25, -0.2) is 24.8 Å².